The van der Waals surface area contributed by atoms with Gasteiger partial charge in [0.05, 0.1) is 15.1 Å². The lowest BCUT2D eigenvalue weighted by molar-refractivity contribution is -0.384. The van der Waals surface area contributed by atoms with Crippen molar-refractivity contribution in [1.29, 1.82) is 0 Å². The second-order valence-corrected chi connectivity index (χ2v) is 6.50. The molecule has 25 heavy (non-hydrogen) atoms. The van der Waals surface area contributed by atoms with Crippen LogP contribution in [0.4, 0.5) is 5.69 Å². The summed E-state index contributed by atoms with van der Waals surface area (Å²) >= 11 is 1.41. The molecule has 0 saturated carbocycles. The zero-order valence-corrected chi connectivity index (χ0v) is 13.6. The maximum absolute atomic E-state index is 12.1. The van der Waals surface area contributed by atoms with Crippen LogP contribution in [-0.2, 0) is 0 Å². The average Bonchev–Trinajstić information content (AvgIpc) is 3.01. The standard InChI is InChI=1S/C18H11N3O3S/c22-18-12(9-11-3-1-2-4-14(11)20-18)5-8-17-19-15-10-13(21(23)24)6-7-16(15)25-17/h1-10H,(H,20,22)/b8-5+. The van der Waals surface area contributed by atoms with E-state index in [1.54, 1.807) is 18.2 Å². The van der Waals surface area contributed by atoms with Crippen molar-refractivity contribution in [2.75, 3.05) is 0 Å². The third-order valence-electron chi connectivity index (χ3n) is 3.79. The number of hydrogen-bond acceptors (Lipinski definition) is 5. The van der Waals surface area contributed by atoms with Crippen LogP contribution in [0.25, 0.3) is 33.3 Å². The van der Waals surface area contributed by atoms with Gasteiger partial charge in [0.25, 0.3) is 11.2 Å². The first kappa shape index (κ1) is 15.2. The normalized spacial score (nSPS) is 11.5. The molecule has 0 spiro atoms. The number of H-pyrrole nitrogens is 1. The topological polar surface area (TPSA) is 88.9 Å². The Morgan fingerprint density at radius 1 is 1.12 bits per heavy atom. The number of pyridine rings is 1. The average molecular weight is 349 g/mol. The van der Waals surface area contributed by atoms with Crippen LogP contribution in [0.2, 0.25) is 0 Å². The van der Waals surface area contributed by atoms with Gasteiger partial charge < -0.3 is 4.98 Å². The van der Waals surface area contributed by atoms with Crippen LogP contribution in [0.1, 0.15) is 10.6 Å². The summed E-state index contributed by atoms with van der Waals surface area (Å²) in [4.78, 5) is 29.8. The molecular formula is C18H11N3O3S. The van der Waals surface area contributed by atoms with Crippen molar-refractivity contribution in [3.05, 3.63) is 79.6 Å². The number of nitro groups is 1. The van der Waals surface area contributed by atoms with Gasteiger partial charge in [-0.25, -0.2) is 4.98 Å². The summed E-state index contributed by atoms with van der Waals surface area (Å²) in [5.74, 6) is 0. The predicted octanol–water partition coefficient (Wildman–Crippen LogP) is 4.22. The van der Waals surface area contributed by atoms with Crippen molar-refractivity contribution in [3.8, 4) is 0 Å². The number of nitrogens with one attached hydrogen (secondary N) is 1. The van der Waals surface area contributed by atoms with Crippen molar-refractivity contribution in [2.24, 2.45) is 0 Å². The number of rotatable bonds is 3. The largest absolute Gasteiger partial charge is 0.321 e. The fourth-order valence-electron chi connectivity index (χ4n) is 2.57. The second kappa shape index (κ2) is 5.95. The minimum absolute atomic E-state index is 0.0132. The van der Waals surface area contributed by atoms with E-state index in [-0.39, 0.29) is 11.2 Å². The monoisotopic (exact) mass is 349 g/mol. The first-order valence-electron chi connectivity index (χ1n) is 7.45. The Hall–Kier alpha value is -3.32. The number of aromatic amines is 1. The summed E-state index contributed by atoms with van der Waals surface area (Å²) in [6.45, 7) is 0. The van der Waals surface area contributed by atoms with Gasteiger partial charge in [-0.05, 0) is 35.7 Å². The van der Waals surface area contributed by atoms with Crippen molar-refractivity contribution in [1.82, 2.24) is 9.97 Å². The zero-order valence-electron chi connectivity index (χ0n) is 12.8. The van der Waals surface area contributed by atoms with Crippen molar-refractivity contribution in [3.63, 3.8) is 0 Å². The van der Waals surface area contributed by atoms with Crippen LogP contribution < -0.4 is 5.56 Å². The molecule has 0 aliphatic rings. The summed E-state index contributed by atoms with van der Waals surface area (Å²) in [7, 11) is 0. The Morgan fingerprint density at radius 2 is 1.96 bits per heavy atom. The summed E-state index contributed by atoms with van der Waals surface area (Å²) in [5.41, 5.74) is 1.73. The Bertz CT molecular complexity index is 1210. The van der Waals surface area contributed by atoms with Crippen molar-refractivity contribution < 1.29 is 4.92 Å². The van der Waals surface area contributed by atoms with Crippen LogP contribution in [0, 0.1) is 10.1 Å². The zero-order chi connectivity index (χ0) is 17.4. The fourth-order valence-corrected chi connectivity index (χ4v) is 3.42. The first-order chi connectivity index (χ1) is 12.1. The van der Waals surface area contributed by atoms with Gasteiger partial charge in [-0.3, -0.25) is 14.9 Å². The van der Waals surface area contributed by atoms with Gasteiger partial charge in [0.1, 0.15) is 5.01 Å². The van der Waals surface area contributed by atoms with Gasteiger partial charge in [-0.1, -0.05) is 18.2 Å². The number of para-hydroxylation sites is 1. The van der Waals surface area contributed by atoms with Gasteiger partial charge >= 0.3 is 0 Å². The second-order valence-electron chi connectivity index (χ2n) is 5.44. The summed E-state index contributed by atoms with van der Waals surface area (Å²) in [5, 5.41) is 12.5. The lowest BCUT2D eigenvalue weighted by atomic mass is 10.1. The molecule has 0 bridgehead atoms. The summed E-state index contributed by atoms with van der Waals surface area (Å²) < 4.78 is 0.859. The number of fused-ring (bicyclic) bond motifs is 2. The first-order valence-corrected chi connectivity index (χ1v) is 8.27. The number of hydrogen-bond donors (Lipinski definition) is 1. The lowest BCUT2D eigenvalue weighted by Crippen LogP contribution is -2.08. The number of benzene rings is 2. The smallest absolute Gasteiger partial charge is 0.271 e. The Kier molecular flexibility index (Phi) is 3.62. The highest BCUT2D eigenvalue weighted by molar-refractivity contribution is 7.19. The minimum Gasteiger partial charge on any atom is -0.321 e. The van der Waals surface area contributed by atoms with E-state index in [2.05, 4.69) is 9.97 Å². The molecule has 0 amide bonds. The van der Waals surface area contributed by atoms with Crippen LogP contribution in [0.3, 0.4) is 0 Å². The van der Waals surface area contributed by atoms with E-state index in [0.29, 0.717) is 16.1 Å². The third-order valence-corrected chi connectivity index (χ3v) is 4.79. The molecule has 0 radical (unpaired) electrons. The number of nitrogens with zero attached hydrogens (tertiary/aromatic N) is 2. The van der Waals surface area contributed by atoms with E-state index in [0.717, 1.165) is 15.6 Å². The van der Waals surface area contributed by atoms with Gasteiger partial charge in [-0.15, -0.1) is 11.3 Å². The highest BCUT2D eigenvalue weighted by Gasteiger charge is 2.09. The molecule has 4 aromatic rings. The number of thiazole rings is 1. The summed E-state index contributed by atoms with van der Waals surface area (Å²) in [6, 6.07) is 14.0. The Labute approximate surface area is 145 Å². The molecule has 0 unspecified atom stereocenters. The van der Waals surface area contributed by atoms with Crippen LogP contribution >= 0.6 is 11.3 Å². The Balaban J connectivity index is 1.72. The molecule has 4 rings (SSSR count). The molecule has 6 nitrogen and oxygen atoms in total. The molecule has 0 fully saturated rings. The van der Waals surface area contributed by atoms with E-state index < -0.39 is 4.92 Å². The van der Waals surface area contributed by atoms with E-state index in [1.807, 2.05) is 30.3 Å². The van der Waals surface area contributed by atoms with Gasteiger partial charge in [0.2, 0.25) is 0 Å². The molecule has 0 atom stereocenters. The molecule has 0 aliphatic carbocycles. The third kappa shape index (κ3) is 2.92. The number of nitro benzene ring substituents is 1. The fraction of sp³-hybridized carbons (Fsp3) is 0. The number of aromatic nitrogens is 2. The molecular weight excluding hydrogens is 338 g/mol. The highest BCUT2D eigenvalue weighted by Crippen LogP contribution is 2.27. The quantitative estimate of drug-likeness (QED) is 0.443. The van der Waals surface area contributed by atoms with Crippen molar-refractivity contribution >= 4 is 50.3 Å². The SMILES string of the molecule is O=c1[nH]c2ccccc2cc1/C=C/c1nc2cc([N+](=O)[O-])ccc2s1. The molecule has 0 saturated heterocycles. The number of non-ortho nitro benzene ring substituents is 1. The predicted molar refractivity (Wildman–Crippen MR) is 99.8 cm³/mol. The maximum Gasteiger partial charge on any atom is 0.271 e. The molecule has 2 aromatic heterocycles. The lowest BCUT2D eigenvalue weighted by Gasteiger charge is -1.98. The maximum atomic E-state index is 12.1. The molecule has 1 N–H and O–H groups in total. The molecule has 0 aliphatic heterocycles. The van der Waals surface area contributed by atoms with E-state index in [1.165, 1.54) is 23.5 Å². The van der Waals surface area contributed by atoms with E-state index >= 15 is 0 Å². The van der Waals surface area contributed by atoms with E-state index in [4.69, 9.17) is 0 Å². The van der Waals surface area contributed by atoms with Crippen LogP contribution in [0.15, 0.2) is 53.3 Å². The summed E-state index contributed by atoms with van der Waals surface area (Å²) in [6.07, 6.45) is 3.45. The van der Waals surface area contributed by atoms with Gasteiger partial charge in [0.15, 0.2) is 0 Å². The van der Waals surface area contributed by atoms with Gasteiger partial charge in [0, 0.05) is 23.2 Å². The van der Waals surface area contributed by atoms with Gasteiger partial charge in [-0.2, -0.15) is 0 Å². The highest BCUT2D eigenvalue weighted by atomic mass is 32.1. The van der Waals surface area contributed by atoms with Crippen LogP contribution in [-0.4, -0.2) is 14.9 Å². The van der Waals surface area contributed by atoms with Crippen molar-refractivity contribution in [2.45, 2.75) is 0 Å². The van der Waals surface area contributed by atoms with Crippen LogP contribution in [0.5, 0.6) is 0 Å². The molecule has 7 heteroatoms. The molecule has 2 aromatic carbocycles. The molecule has 122 valence electrons. The Morgan fingerprint density at radius 3 is 2.80 bits per heavy atom. The molecule has 2 heterocycles. The van der Waals surface area contributed by atoms with E-state index in [9.17, 15) is 14.9 Å². The minimum atomic E-state index is -0.442.